The molecule has 2 saturated heterocycles. The zero-order valence-corrected chi connectivity index (χ0v) is 45.3. The molecule has 3 fully saturated rings. The van der Waals surface area contributed by atoms with Crippen LogP contribution in [0.1, 0.15) is 116 Å². The number of amides is 8. The first kappa shape index (κ1) is 58.3. The van der Waals surface area contributed by atoms with E-state index in [1.807, 2.05) is 58.0 Å². The third kappa shape index (κ3) is 15.3. The van der Waals surface area contributed by atoms with Gasteiger partial charge in [-0.3, -0.25) is 43.3 Å². The van der Waals surface area contributed by atoms with Gasteiger partial charge in [-0.2, -0.15) is 0 Å². The number of rotatable bonds is 28. The Hall–Kier alpha value is -5.98. The number of benzene rings is 2. The van der Waals surface area contributed by atoms with Crippen LogP contribution >= 0.6 is 0 Å². The van der Waals surface area contributed by atoms with Crippen molar-refractivity contribution >= 4 is 52.9 Å². The van der Waals surface area contributed by atoms with Gasteiger partial charge in [-0.1, -0.05) is 89.9 Å². The zero-order valence-electron chi connectivity index (χ0n) is 45.3. The first-order valence-corrected chi connectivity index (χ1v) is 27.2. The zero-order chi connectivity index (χ0) is 54.3. The molecule has 0 spiro atoms. The van der Waals surface area contributed by atoms with Gasteiger partial charge in [0.1, 0.15) is 12.1 Å². The summed E-state index contributed by atoms with van der Waals surface area (Å²) in [4.78, 5) is 111. The summed E-state index contributed by atoms with van der Waals surface area (Å²) in [5.74, 6) is -2.87. The molecule has 8 amide bonds. The highest BCUT2D eigenvalue weighted by Gasteiger charge is 2.46. The number of nitrogens with one attached hydrogen (secondary N) is 5. The molecule has 0 radical (unpaired) electrons. The van der Waals surface area contributed by atoms with Crippen LogP contribution in [-0.4, -0.2) is 145 Å². The van der Waals surface area contributed by atoms with Crippen molar-refractivity contribution in [2.45, 2.75) is 167 Å². The molecule has 2 aromatic rings. The maximum Gasteiger partial charge on any atom is 0.253 e. The van der Waals surface area contributed by atoms with Crippen molar-refractivity contribution in [3.05, 3.63) is 77.9 Å². The van der Waals surface area contributed by atoms with Crippen LogP contribution in [0, 0.1) is 23.7 Å². The minimum Gasteiger partial charge on any atom is -0.379 e. The van der Waals surface area contributed by atoms with E-state index in [1.54, 1.807) is 55.1 Å². The number of fused-ring (bicyclic) bond motifs is 2. The monoisotopic (exact) mass is 1040 g/mol. The lowest BCUT2D eigenvalue weighted by atomic mass is 9.89. The van der Waals surface area contributed by atoms with Gasteiger partial charge < -0.3 is 45.9 Å². The molecule has 2 bridgehead atoms. The Morgan fingerprint density at radius 3 is 2.15 bits per heavy atom. The number of hydrogen-bond donors (Lipinski definition) is 5. The van der Waals surface area contributed by atoms with Gasteiger partial charge in [0.15, 0.2) is 0 Å². The molecule has 4 aliphatic rings. The van der Waals surface area contributed by atoms with E-state index in [9.17, 15) is 38.4 Å². The molecule has 11 atom stereocenters. The van der Waals surface area contributed by atoms with Crippen molar-refractivity contribution in [3.8, 4) is 0 Å². The predicted molar refractivity (Wildman–Crippen MR) is 284 cm³/mol. The third-order valence-corrected chi connectivity index (χ3v) is 15.9. The van der Waals surface area contributed by atoms with E-state index in [0.29, 0.717) is 69.8 Å². The lowest BCUT2D eigenvalue weighted by molar-refractivity contribution is -0.148. The Kier molecular flexibility index (Phi) is 21.5. The summed E-state index contributed by atoms with van der Waals surface area (Å²) in [6.07, 6.45) is 8.62. The quantitative estimate of drug-likeness (QED) is 0.0583. The van der Waals surface area contributed by atoms with Gasteiger partial charge in [0, 0.05) is 77.6 Å². The minimum absolute atomic E-state index is 0.0198. The van der Waals surface area contributed by atoms with Crippen LogP contribution in [0.5, 0.6) is 0 Å². The number of likely N-dealkylation sites (N-methyl/N-ethyl adjacent to an activating group) is 1. The van der Waals surface area contributed by atoms with Crippen molar-refractivity contribution in [1.29, 1.82) is 0 Å². The van der Waals surface area contributed by atoms with Crippen LogP contribution in [-0.2, 0) is 60.8 Å². The molecular weight excluding hydrogens is 957 g/mol. The largest absolute Gasteiger partial charge is 0.379 e. The first-order valence-electron chi connectivity index (χ1n) is 27.2. The molecule has 1 saturated carbocycles. The maximum absolute atomic E-state index is 14.5. The molecule has 18 nitrogen and oxygen atoms in total. The van der Waals surface area contributed by atoms with Gasteiger partial charge in [0.05, 0.1) is 42.7 Å². The van der Waals surface area contributed by atoms with E-state index in [2.05, 4.69) is 26.6 Å². The topological polar surface area (TPSA) is 225 Å². The van der Waals surface area contributed by atoms with Gasteiger partial charge in [-0.05, 0) is 86.0 Å². The van der Waals surface area contributed by atoms with E-state index < -0.39 is 54.1 Å². The second-order valence-corrected chi connectivity index (χ2v) is 21.4. The van der Waals surface area contributed by atoms with Crippen LogP contribution in [0.3, 0.4) is 0 Å². The number of carbonyl (C=O) groups excluding carboxylic acids is 8. The first-order chi connectivity index (χ1) is 35.9. The smallest absolute Gasteiger partial charge is 0.253 e. The van der Waals surface area contributed by atoms with Crippen LogP contribution in [0.4, 0.5) is 5.69 Å². The molecule has 2 aromatic carbocycles. The van der Waals surface area contributed by atoms with Crippen LogP contribution in [0.2, 0.25) is 0 Å². The summed E-state index contributed by atoms with van der Waals surface area (Å²) in [5, 5.41) is 15.4. The van der Waals surface area contributed by atoms with Crippen molar-refractivity contribution in [1.82, 2.24) is 36.0 Å². The van der Waals surface area contributed by atoms with Gasteiger partial charge in [0.2, 0.25) is 35.4 Å². The second-order valence-electron chi connectivity index (χ2n) is 21.4. The van der Waals surface area contributed by atoms with Gasteiger partial charge in [0.25, 0.3) is 11.8 Å². The molecule has 6 rings (SSSR count). The van der Waals surface area contributed by atoms with E-state index in [1.165, 1.54) is 24.2 Å². The van der Waals surface area contributed by atoms with E-state index in [4.69, 9.17) is 9.47 Å². The molecule has 18 heteroatoms. The highest BCUT2D eigenvalue weighted by Crippen LogP contribution is 2.36. The number of unbranched alkanes of at least 4 members (excludes halogenated alkanes) is 2. The molecule has 410 valence electrons. The fourth-order valence-corrected chi connectivity index (χ4v) is 11.4. The van der Waals surface area contributed by atoms with Crippen LogP contribution in [0.25, 0.3) is 0 Å². The van der Waals surface area contributed by atoms with E-state index >= 15 is 0 Å². The lowest BCUT2D eigenvalue weighted by Crippen LogP contribution is -2.60. The summed E-state index contributed by atoms with van der Waals surface area (Å²) in [5.41, 5.74) is 2.17. The second kappa shape index (κ2) is 27.7. The normalized spacial score (nSPS) is 21.8. The Morgan fingerprint density at radius 2 is 1.53 bits per heavy atom. The number of methoxy groups -OCH3 is 2. The Morgan fingerprint density at radius 1 is 0.827 bits per heavy atom. The van der Waals surface area contributed by atoms with Crippen molar-refractivity contribution in [2.24, 2.45) is 23.7 Å². The van der Waals surface area contributed by atoms with Crippen molar-refractivity contribution < 1.29 is 47.8 Å². The van der Waals surface area contributed by atoms with Crippen molar-refractivity contribution in [3.63, 3.8) is 0 Å². The number of carbonyl (C=O) groups is 8. The van der Waals surface area contributed by atoms with Crippen LogP contribution in [0.15, 0.2) is 66.7 Å². The fraction of sp³-hybridized carbons (Fsp3) is 0.614. The molecule has 0 aromatic heterocycles. The number of piperidine rings is 1. The average molecular weight is 1040 g/mol. The van der Waals surface area contributed by atoms with Crippen LogP contribution < -0.4 is 26.6 Å². The molecule has 3 heterocycles. The molecule has 75 heavy (non-hydrogen) atoms. The number of nitrogens with zero attached hydrogens (tertiary/aromatic N) is 3. The number of anilines is 1. The van der Waals surface area contributed by atoms with Crippen molar-refractivity contribution in [2.75, 3.05) is 39.7 Å². The summed E-state index contributed by atoms with van der Waals surface area (Å²) < 4.78 is 12.2. The average Bonchev–Trinajstić information content (AvgIpc) is 4.24. The standard InChI is InChI=1S/C57H82N8O10/c1-9-36(4)52(63(6)57(73)50(35(2)3)62-56(72)51-40-23-26-42(32-40)59-51)45(74-7)33-49(69)64-30-16-19-44(64)53(75-8)37(5)54(70)61-43(31-38-17-12-10-13-18-38)55(71)60-41-24-21-39(22-25-41)34-58-46(66)20-14-11-15-29-65-47(67)27-28-48(65)68/h10,12-13,17-18,21-22,24-25,27-28,35-37,40,42-45,50-53,59H,9,11,14-16,19-20,23,26,29-34H2,1-8H3,(H,58,66)(H,60,71)(H,61,70)(H,62,72)/t36-,37+,40-,42+,43-,44-,45-,50-,51-,52-,53+/m0/s1. The maximum atomic E-state index is 14.5. The number of imide groups is 1. The number of likely N-dealkylation sites (tertiary alicyclic amines) is 1. The highest BCUT2D eigenvalue weighted by atomic mass is 16.5. The SMILES string of the molecule is CC[C@H](C)[C@@H]([C@H](CC(=O)N1CCC[C@H]1[C@H](OC)[C@@H](C)C(=O)N[C@@H](Cc1ccccc1)C(=O)Nc1ccc(CNC(=O)CCCCCN2C(=O)C=CC2=O)cc1)OC)N(C)C(=O)[C@@H](NC(=O)[C@H]1N[C@@H]2CC[C@H]1C2)C(C)C. The molecule has 3 aliphatic heterocycles. The summed E-state index contributed by atoms with van der Waals surface area (Å²) in [6.45, 7) is 10.7. The predicted octanol–water partition coefficient (Wildman–Crippen LogP) is 4.66. The Balaban J connectivity index is 1.04. The van der Waals surface area contributed by atoms with Gasteiger partial charge >= 0.3 is 0 Å². The Labute approximate surface area is 443 Å². The van der Waals surface area contributed by atoms with Gasteiger partial charge in [-0.25, -0.2) is 0 Å². The molecule has 5 N–H and O–H groups in total. The molecular formula is C57H82N8O10. The van der Waals surface area contributed by atoms with Gasteiger partial charge in [-0.15, -0.1) is 0 Å². The molecule has 1 aliphatic carbocycles. The van der Waals surface area contributed by atoms with E-state index in [-0.39, 0.29) is 78.6 Å². The highest BCUT2D eigenvalue weighted by molar-refractivity contribution is 6.12. The lowest BCUT2D eigenvalue weighted by Gasteiger charge is -2.41. The number of hydrogen-bond acceptors (Lipinski definition) is 11. The van der Waals surface area contributed by atoms with E-state index in [0.717, 1.165) is 30.4 Å². The fourth-order valence-electron chi connectivity index (χ4n) is 11.4. The summed E-state index contributed by atoms with van der Waals surface area (Å²) in [6, 6.07) is 13.9. The Bertz CT molecular complexity index is 2310. The summed E-state index contributed by atoms with van der Waals surface area (Å²) >= 11 is 0. The number of ether oxygens (including phenoxy) is 2. The summed E-state index contributed by atoms with van der Waals surface area (Å²) in [7, 11) is 4.81. The molecule has 0 unspecified atom stereocenters. The minimum atomic E-state index is -0.967. The third-order valence-electron chi connectivity index (χ3n) is 15.9.